The van der Waals surface area contributed by atoms with Gasteiger partial charge in [-0.1, -0.05) is 11.3 Å². The van der Waals surface area contributed by atoms with Crippen LogP contribution in [0.4, 0.5) is 0 Å². The van der Waals surface area contributed by atoms with Gasteiger partial charge in [-0.05, 0) is 39.0 Å². The Bertz CT molecular complexity index is 809. The van der Waals surface area contributed by atoms with Crippen molar-refractivity contribution < 1.29 is 9.52 Å². The van der Waals surface area contributed by atoms with Gasteiger partial charge in [-0.3, -0.25) is 0 Å². The minimum Gasteiger partial charge on any atom is -0.506 e. The van der Waals surface area contributed by atoms with E-state index in [4.69, 9.17) is 4.42 Å². The normalized spacial score (nSPS) is 12.5. The largest absolute Gasteiger partial charge is 0.506 e. The van der Waals surface area contributed by atoms with Gasteiger partial charge in [-0.2, -0.15) is 0 Å². The summed E-state index contributed by atoms with van der Waals surface area (Å²) in [7, 11) is 0. The van der Waals surface area contributed by atoms with E-state index in [1.807, 2.05) is 6.20 Å². The average Bonchev–Trinajstić information content (AvgIpc) is 3.02. The molecule has 3 aromatic rings. The first kappa shape index (κ1) is 13.4. The number of fused-ring (bicyclic) bond motifs is 1. The second-order valence-corrected chi connectivity index (χ2v) is 5.77. The van der Waals surface area contributed by atoms with Crippen LogP contribution in [-0.4, -0.2) is 25.1 Å². The molecule has 21 heavy (non-hydrogen) atoms. The van der Waals surface area contributed by atoms with Gasteiger partial charge < -0.3 is 9.52 Å². The van der Waals surface area contributed by atoms with Crippen molar-refractivity contribution in [1.82, 2.24) is 20.0 Å². The van der Waals surface area contributed by atoms with Gasteiger partial charge in [0, 0.05) is 6.08 Å². The van der Waals surface area contributed by atoms with E-state index in [-0.39, 0.29) is 11.3 Å². The highest BCUT2D eigenvalue weighted by atomic mass is 16.3. The number of nitrogens with zero attached hydrogens (tertiary/aromatic N) is 4. The molecule has 0 unspecified atom stereocenters. The Kier molecular flexibility index (Phi) is 3.01. The van der Waals surface area contributed by atoms with E-state index < -0.39 is 0 Å². The van der Waals surface area contributed by atoms with Gasteiger partial charge in [-0.15, -0.1) is 5.10 Å². The first-order valence-electron chi connectivity index (χ1n) is 6.63. The highest BCUT2D eigenvalue weighted by Crippen LogP contribution is 2.25. The SMILES string of the molecule is CC(C)(C)n1cc(C=Cc2nc3c(O)cccc3o2)nn1. The lowest BCUT2D eigenvalue weighted by Gasteiger charge is -2.17. The molecule has 0 aliphatic heterocycles. The van der Waals surface area contributed by atoms with E-state index in [0.717, 1.165) is 5.69 Å². The van der Waals surface area contributed by atoms with Gasteiger partial charge in [0.25, 0.3) is 0 Å². The summed E-state index contributed by atoms with van der Waals surface area (Å²) in [5.41, 5.74) is 1.61. The van der Waals surface area contributed by atoms with Crippen molar-refractivity contribution >= 4 is 23.3 Å². The molecule has 2 heterocycles. The fraction of sp³-hybridized carbons (Fsp3) is 0.267. The molecule has 0 aliphatic rings. The number of phenols is 1. The van der Waals surface area contributed by atoms with Crippen LogP contribution in [-0.2, 0) is 5.54 Å². The molecule has 3 rings (SSSR count). The van der Waals surface area contributed by atoms with Crippen molar-refractivity contribution in [3.8, 4) is 5.75 Å². The molecule has 108 valence electrons. The van der Waals surface area contributed by atoms with Crippen molar-refractivity contribution in [2.45, 2.75) is 26.3 Å². The van der Waals surface area contributed by atoms with Crippen LogP contribution in [0.5, 0.6) is 5.75 Å². The minimum absolute atomic E-state index is 0.106. The molecule has 0 saturated heterocycles. The predicted octanol–water partition coefficient (Wildman–Crippen LogP) is 3.05. The van der Waals surface area contributed by atoms with Gasteiger partial charge in [0.05, 0.1) is 11.7 Å². The molecular weight excluding hydrogens is 268 g/mol. The molecule has 0 atom stereocenters. The Morgan fingerprint density at radius 2 is 2.05 bits per heavy atom. The Labute approximate surface area is 121 Å². The molecule has 0 fully saturated rings. The quantitative estimate of drug-likeness (QED) is 0.782. The number of phenolic OH excluding ortho intramolecular Hbond substituents is 1. The molecule has 0 bridgehead atoms. The number of hydrogen-bond acceptors (Lipinski definition) is 5. The van der Waals surface area contributed by atoms with Crippen molar-refractivity contribution in [2.24, 2.45) is 0 Å². The lowest BCUT2D eigenvalue weighted by atomic mass is 10.1. The van der Waals surface area contributed by atoms with Crippen LogP contribution in [0.25, 0.3) is 23.3 Å². The zero-order chi connectivity index (χ0) is 15.0. The zero-order valence-electron chi connectivity index (χ0n) is 12.1. The summed E-state index contributed by atoms with van der Waals surface area (Å²) in [5, 5.41) is 17.8. The van der Waals surface area contributed by atoms with E-state index in [1.54, 1.807) is 35.0 Å². The molecule has 0 aliphatic carbocycles. The first-order chi connectivity index (χ1) is 9.93. The van der Waals surface area contributed by atoms with Crippen LogP contribution < -0.4 is 0 Å². The smallest absolute Gasteiger partial charge is 0.220 e. The van der Waals surface area contributed by atoms with Gasteiger partial charge in [-0.25, -0.2) is 9.67 Å². The molecule has 0 amide bonds. The van der Waals surface area contributed by atoms with Crippen LogP contribution in [0.1, 0.15) is 32.4 Å². The number of aromatic nitrogens is 4. The lowest BCUT2D eigenvalue weighted by molar-refractivity contribution is 0.347. The minimum atomic E-state index is -0.109. The highest BCUT2D eigenvalue weighted by molar-refractivity contribution is 5.81. The number of hydrogen-bond donors (Lipinski definition) is 1. The third kappa shape index (κ3) is 2.65. The molecule has 6 nitrogen and oxygen atoms in total. The van der Waals surface area contributed by atoms with Gasteiger partial charge in [0.15, 0.2) is 11.1 Å². The summed E-state index contributed by atoms with van der Waals surface area (Å²) < 4.78 is 7.33. The second-order valence-electron chi connectivity index (χ2n) is 5.77. The second kappa shape index (κ2) is 4.73. The molecule has 0 saturated carbocycles. The molecular formula is C15H16N4O2. The fourth-order valence-corrected chi connectivity index (χ4v) is 1.86. The summed E-state index contributed by atoms with van der Waals surface area (Å²) in [6, 6.07) is 5.05. The number of benzene rings is 1. The third-order valence-corrected chi connectivity index (χ3v) is 3.01. The van der Waals surface area contributed by atoms with Crippen molar-refractivity contribution in [1.29, 1.82) is 0 Å². The Morgan fingerprint density at radius 3 is 2.71 bits per heavy atom. The van der Waals surface area contributed by atoms with E-state index in [2.05, 4.69) is 36.1 Å². The average molecular weight is 284 g/mol. The van der Waals surface area contributed by atoms with Gasteiger partial charge >= 0.3 is 0 Å². The number of aromatic hydroxyl groups is 1. The monoisotopic (exact) mass is 284 g/mol. The topological polar surface area (TPSA) is 77.0 Å². The van der Waals surface area contributed by atoms with Crippen LogP contribution in [0.2, 0.25) is 0 Å². The van der Waals surface area contributed by atoms with E-state index in [9.17, 15) is 5.11 Å². The summed E-state index contributed by atoms with van der Waals surface area (Å²) >= 11 is 0. The molecule has 2 aromatic heterocycles. The van der Waals surface area contributed by atoms with Crippen molar-refractivity contribution in [2.75, 3.05) is 0 Å². The van der Waals surface area contributed by atoms with E-state index in [1.165, 1.54) is 0 Å². The Morgan fingerprint density at radius 1 is 1.24 bits per heavy atom. The summed E-state index contributed by atoms with van der Waals surface area (Å²) in [6.07, 6.45) is 5.34. The Hall–Kier alpha value is -2.63. The molecule has 0 spiro atoms. The Balaban J connectivity index is 1.88. The maximum absolute atomic E-state index is 9.69. The maximum atomic E-state index is 9.69. The molecule has 0 radical (unpaired) electrons. The highest BCUT2D eigenvalue weighted by Gasteiger charge is 2.14. The fourth-order valence-electron chi connectivity index (χ4n) is 1.86. The number of rotatable bonds is 2. The first-order valence-corrected chi connectivity index (χ1v) is 6.63. The maximum Gasteiger partial charge on any atom is 0.220 e. The van der Waals surface area contributed by atoms with Crippen LogP contribution in [0.3, 0.4) is 0 Å². The summed E-state index contributed by atoms with van der Waals surface area (Å²) in [5.74, 6) is 0.520. The number of oxazole rings is 1. The van der Waals surface area contributed by atoms with Gasteiger partial charge in [0.2, 0.25) is 5.89 Å². The molecule has 1 aromatic carbocycles. The van der Waals surface area contributed by atoms with Gasteiger partial charge in [0.1, 0.15) is 11.4 Å². The summed E-state index contributed by atoms with van der Waals surface area (Å²) in [4.78, 5) is 4.22. The van der Waals surface area contributed by atoms with Crippen LogP contribution >= 0.6 is 0 Å². The predicted molar refractivity (Wildman–Crippen MR) is 79.6 cm³/mol. The van der Waals surface area contributed by atoms with E-state index >= 15 is 0 Å². The van der Waals surface area contributed by atoms with Crippen molar-refractivity contribution in [3.63, 3.8) is 0 Å². The number of para-hydroxylation sites is 1. The third-order valence-electron chi connectivity index (χ3n) is 3.01. The van der Waals surface area contributed by atoms with Crippen LogP contribution in [0, 0.1) is 0 Å². The molecule has 1 N–H and O–H groups in total. The lowest BCUT2D eigenvalue weighted by Crippen LogP contribution is -2.22. The standard InChI is InChI=1S/C15H16N4O2/c1-15(2,3)19-9-10(17-18-19)7-8-13-16-14-11(20)5-4-6-12(14)21-13/h4-9,20H,1-3H3. The summed E-state index contributed by atoms with van der Waals surface area (Å²) in [6.45, 7) is 6.16. The molecule has 6 heteroatoms. The van der Waals surface area contributed by atoms with Crippen molar-refractivity contribution in [3.05, 3.63) is 36.0 Å². The van der Waals surface area contributed by atoms with Crippen LogP contribution in [0.15, 0.2) is 28.8 Å². The zero-order valence-corrected chi connectivity index (χ0v) is 12.1. The van der Waals surface area contributed by atoms with E-state index in [0.29, 0.717) is 17.0 Å².